The van der Waals surface area contributed by atoms with Crippen LogP contribution in [0.2, 0.25) is 0 Å². The van der Waals surface area contributed by atoms with Crippen LogP contribution in [0.25, 0.3) is 0 Å². The summed E-state index contributed by atoms with van der Waals surface area (Å²) in [5.74, 6) is -0.802. The second-order valence-electron chi connectivity index (χ2n) is 5.95. The Morgan fingerprint density at radius 1 is 1.40 bits per heavy atom. The Balaban J connectivity index is 2.58. The minimum absolute atomic E-state index is 0.163. The first-order valence-corrected chi connectivity index (χ1v) is 5.76. The summed E-state index contributed by atoms with van der Waals surface area (Å²) in [5.41, 5.74) is 0.245. The van der Waals surface area contributed by atoms with Gasteiger partial charge in [0.05, 0.1) is 5.92 Å². The molecule has 0 aromatic rings. The highest BCUT2D eigenvalue weighted by Gasteiger charge is 2.31. The summed E-state index contributed by atoms with van der Waals surface area (Å²) in [6.07, 6.45) is 1.84. The molecule has 88 valence electrons. The lowest BCUT2D eigenvalue weighted by Gasteiger charge is -2.40. The quantitative estimate of drug-likeness (QED) is 0.764. The number of rotatable bonds is 2. The fourth-order valence-electron chi connectivity index (χ4n) is 2.21. The highest BCUT2D eigenvalue weighted by Crippen LogP contribution is 2.26. The minimum atomic E-state index is -0.638. The standard InChI is InChI=1S/C12H23NO2/c1-9-5-6-10(11(14)15)7-13(9)8-12(2,3)4/h9-10H,5-8H2,1-4H3,(H,14,15). The van der Waals surface area contributed by atoms with E-state index in [-0.39, 0.29) is 11.3 Å². The van der Waals surface area contributed by atoms with Gasteiger partial charge in [-0.05, 0) is 25.2 Å². The first-order valence-electron chi connectivity index (χ1n) is 5.76. The molecule has 2 atom stereocenters. The van der Waals surface area contributed by atoms with Crippen LogP contribution in [0.1, 0.15) is 40.5 Å². The molecule has 0 aromatic heterocycles. The maximum Gasteiger partial charge on any atom is 0.307 e. The lowest BCUT2D eigenvalue weighted by molar-refractivity contribution is -0.144. The van der Waals surface area contributed by atoms with Gasteiger partial charge in [0, 0.05) is 19.1 Å². The van der Waals surface area contributed by atoms with Crippen molar-refractivity contribution in [3.05, 3.63) is 0 Å². The van der Waals surface area contributed by atoms with Crippen LogP contribution >= 0.6 is 0 Å². The van der Waals surface area contributed by atoms with E-state index in [1.54, 1.807) is 0 Å². The molecular formula is C12H23NO2. The number of hydrogen-bond donors (Lipinski definition) is 1. The van der Waals surface area contributed by atoms with E-state index in [1.165, 1.54) is 0 Å². The Kier molecular flexibility index (Phi) is 3.77. The maximum absolute atomic E-state index is 10.9. The summed E-state index contributed by atoms with van der Waals surface area (Å²) >= 11 is 0. The van der Waals surface area contributed by atoms with E-state index in [2.05, 4.69) is 32.6 Å². The molecule has 2 unspecified atom stereocenters. The molecule has 1 rings (SSSR count). The Hall–Kier alpha value is -0.570. The number of aliphatic carboxylic acids is 1. The zero-order valence-corrected chi connectivity index (χ0v) is 10.3. The van der Waals surface area contributed by atoms with Crippen LogP contribution in [0.15, 0.2) is 0 Å². The summed E-state index contributed by atoms with van der Waals surface area (Å²) in [6.45, 7) is 10.5. The summed E-state index contributed by atoms with van der Waals surface area (Å²) in [5, 5.41) is 9.01. The fourth-order valence-corrected chi connectivity index (χ4v) is 2.21. The third-order valence-electron chi connectivity index (χ3n) is 3.04. The number of nitrogens with zero attached hydrogens (tertiary/aromatic N) is 1. The van der Waals surface area contributed by atoms with Gasteiger partial charge < -0.3 is 5.11 Å². The van der Waals surface area contributed by atoms with Crippen molar-refractivity contribution in [1.29, 1.82) is 0 Å². The van der Waals surface area contributed by atoms with Crippen molar-refractivity contribution in [3.63, 3.8) is 0 Å². The first kappa shape index (κ1) is 12.5. The second-order valence-corrected chi connectivity index (χ2v) is 5.95. The molecule has 3 nitrogen and oxygen atoms in total. The van der Waals surface area contributed by atoms with Crippen molar-refractivity contribution >= 4 is 5.97 Å². The van der Waals surface area contributed by atoms with Gasteiger partial charge in [-0.3, -0.25) is 9.69 Å². The molecule has 1 aliphatic rings. The zero-order valence-electron chi connectivity index (χ0n) is 10.3. The van der Waals surface area contributed by atoms with Gasteiger partial charge in [-0.1, -0.05) is 20.8 Å². The average molecular weight is 213 g/mol. The molecule has 0 radical (unpaired) electrons. The number of likely N-dealkylation sites (tertiary alicyclic amines) is 1. The van der Waals surface area contributed by atoms with Gasteiger partial charge in [-0.15, -0.1) is 0 Å². The second kappa shape index (κ2) is 4.52. The van der Waals surface area contributed by atoms with Crippen LogP contribution in [0, 0.1) is 11.3 Å². The summed E-state index contributed by atoms with van der Waals surface area (Å²) in [6, 6.07) is 0.528. The third kappa shape index (κ3) is 3.82. The maximum atomic E-state index is 10.9. The van der Waals surface area contributed by atoms with Gasteiger partial charge in [-0.25, -0.2) is 0 Å². The van der Waals surface area contributed by atoms with Crippen LogP contribution in [-0.4, -0.2) is 35.1 Å². The molecule has 1 saturated heterocycles. The molecule has 0 bridgehead atoms. The molecule has 1 aliphatic heterocycles. The molecule has 3 heteroatoms. The number of carbonyl (C=O) groups is 1. The molecule has 0 spiro atoms. The van der Waals surface area contributed by atoms with Gasteiger partial charge in [-0.2, -0.15) is 0 Å². The first-order chi connectivity index (χ1) is 6.79. The van der Waals surface area contributed by atoms with E-state index < -0.39 is 5.97 Å². The van der Waals surface area contributed by atoms with Gasteiger partial charge >= 0.3 is 5.97 Å². The summed E-state index contributed by atoms with van der Waals surface area (Å²) in [7, 11) is 0. The third-order valence-corrected chi connectivity index (χ3v) is 3.04. The van der Waals surface area contributed by atoms with Crippen molar-refractivity contribution in [2.45, 2.75) is 46.6 Å². The smallest absolute Gasteiger partial charge is 0.307 e. The molecule has 15 heavy (non-hydrogen) atoms. The highest BCUT2D eigenvalue weighted by molar-refractivity contribution is 5.70. The number of piperidine rings is 1. The molecule has 0 saturated carbocycles. The molecule has 1 fully saturated rings. The van der Waals surface area contributed by atoms with E-state index in [1.807, 2.05) is 0 Å². The molecular weight excluding hydrogens is 190 g/mol. The van der Waals surface area contributed by atoms with Crippen LogP contribution in [0.5, 0.6) is 0 Å². The molecule has 0 aromatic carbocycles. The van der Waals surface area contributed by atoms with E-state index >= 15 is 0 Å². The Bertz CT molecular complexity index is 232. The molecule has 1 N–H and O–H groups in total. The monoisotopic (exact) mass is 213 g/mol. The van der Waals surface area contributed by atoms with Crippen molar-refractivity contribution < 1.29 is 9.90 Å². The van der Waals surface area contributed by atoms with Crippen LogP contribution in [-0.2, 0) is 4.79 Å². The highest BCUT2D eigenvalue weighted by atomic mass is 16.4. The number of carboxylic acids is 1. The predicted octanol–water partition coefficient (Wildman–Crippen LogP) is 2.22. The lowest BCUT2D eigenvalue weighted by atomic mass is 9.89. The lowest BCUT2D eigenvalue weighted by Crippen LogP contribution is -2.47. The van der Waals surface area contributed by atoms with E-state index in [4.69, 9.17) is 5.11 Å². The SMILES string of the molecule is CC1CCC(C(=O)O)CN1CC(C)(C)C. The van der Waals surface area contributed by atoms with Crippen molar-refractivity contribution in [3.8, 4) is 0 Å². The van der Waals surface area contributed by atoms with E-state index in [0.29, 0.717) is 12.6 Å². The van der Waals surface area contributed by atoms with Crippen LogP contribution < -0.4 is 0 Å². The van der Waals surface area contributed by atoms with Crippen molar-refractivity contribution in [1.82, 2.24) is 4.90 Å². The zero-order chi connectivity index (χ0) is 11.6. The molecule has 0 amide bonds. The van der Waals surface area contributed by atoms with Gasteiger partial charge in [0.1, 0.15) is 0 Å². The van der Waals surface area contributed by atoms with Gasteiger partial charge in [0.15, 0.2) is 0 Å². The van der Waals surface area contributed by atoms with Crippen LogP contribution in [0.4, 0.5) is 0 Å². The Morgan fingerprint density at radius 3 is 2.47 bits per heavy atom. The minimum Gasteiger partial charge on any atom is -0.481 e. The summed E-state index contributed by atoms with van der Waals surface area (Å²) < 4.78 is 0. The number of hydrogen-bond acceptors (Lipinski definition) is 2. The van der Waals surface area contributed by atoms with Crippen molar-refractivity contribution in [2.24, 2.45) is 11.3 Å². The van der Waals surface area contributed by atoms with E-state index in [0.717, 1.165) is 19.4 Å². The predicted molar refractivity (Wildman–Crippen MR) is 60.8 cm³/mol. The van der Waals surface area contributed by atoms with Crippen LogP contribution in [0.3, 0.4) is 0 Å². The normalized spacial score (nSPS) is 29.1. The Morgan fingerprint density at radius 2 is 2.00 bits per heavy atom. The van der Waals surface area contributed by atoms with Crippen molar-refractivity contribution in [2.75, 3.05) is 13.1 Å². The molecule has 0 aliphatic carbocycles. The largest absolute Gasteiger partial charge is 0.481 e. The molecule has 1 heterocycles. The Labute approximate surface area is 92.5 Å². The van der Waals surface area contributed by atoms with Gasteiger partial charge in [0.2, 0.25) is 0 Å². The summed E-state index contributed by atoms with van der Waals surface area (Å²) in [4.78, 5) is 13.3. The number of carboxylic acid groups (broad SMARTS) is 1. The van der Waals surface area contributed by atoms with Gasteiger partial charge in [0.25, 0.3) is 0 Å². The van der Waals surface area contributed by atoms with E-state index in [9.17, 15) is 4.79 Å². The average Bonchev–Trinajstić information content (AvgIpc) is 2.06. The fraction of sp³-hybridized carbons (Fsp3) is 0.917. The topological polar surface area (TPSA) is 40.5 Å².